The predicted octanol–water partition coefficient (Wildman–Crippen LogP) is 1.85. The van der Waals surface area contributed by atoms with Crippen LogP contribution in [0.4, 0.5) is 0 Å². The molecule has 0 aliphatic carbocycles. The summed E-state index contributed by atoms with van der Waals surface area (Å²) in [6.45, 7) is 6.29. The number of aromatic nitrogens is 1. The molecule has 1 aromatic heterocycles. The topological polar surface area (TPSA) is 55.3 Å². The van der Waals surface area contributed by atoms with E-state index < -0.39 is 0 Å². The van der Waals surface area contributed by atoms with Crippen molar-refractivity contribution in [3.63, 3.8) is 0 Å². The van der Waals surface area contributed by atoms with E-state index in [4.69, 9.17) is 10.2 Å². The van der Waals surface area contributed by atoms with Gasteiger partial charge in [0.2, 0.25) is 5.89 Å². The number of hydrogen-bond acceptors (Lipinski definition) is 4. The van der Waals surface area contributed by atoms with Gasteiger partial charge >= 0.3 is 0 Å². The molecule has 2 N–H and O–H groups in total. The van der Waals surface area contributed by atoms with Gasteiger partial charge in [0.15, 0.2) is 0 Å². The summed E-state index contributed by atoms with van der Waals surface area (Å²) in [4.78, 5) is 6.73. The standard InChI is InChI=1S/C11H19N3O/c1-3-14-6-4-5-9(14)11-13-7-10(15-11)8(2)12/h7-9H,3-6,12H2,1-2H3. The summed E-state index contributed by atoms with van der Waals surface area (Å²) in [5, 5.41) is 0. The summed E-state index contributed by atoms with van der Waals surface area (Å²) in [7, 11) is 0. The molecule has 1 fully saturated rings. The third kappa shape index (κ3) is 2.06. The van der Waals surface area contributed by atoms with E-state index in [-0.39, 0.29) is 6.04 Å². The Hall–Kier alpha value is -0.870. The lowest BCUT2D eigenvalue weighted by Crippen LogP contribution is -2.22. The maximum absolute atomic E-state index is 5.75. The van der Waals surface area contributed by atoms with Crippen molar-refractivity contribution in [2.24, 2.45) is 5.73 Å². The summed E-state index contributed by atoms with van der Waals surface area (Å²) in [5.41, 5.74) is 5.75. The van der Waals surface area contributed by atoms with E-state index in [2.05, 4.69) is 16.8 Å². The second-order valence-corrected chi connectivity index (χ2v) is 4.18. The fourth-order valence-electron chi connectivity index (χ4n) is 2.15. The molecule has 1 aliphatic heterocycles. The fourth-order valence-corrected chi connectivity index (χ4v) is 2.15. The van der Waals surface area contributed by atoms with Crippen LogP contribution in [0, 0.1) is 0 Å². The van der Waals surface area contributed by atoms with Crippen molar-refractivity contribution in [3.05, 3.63) is 17.8 Å². The van der Waals surface area contributed by atoms with Gasteiger partial charge in [-0.2, -0.15) is 0 Å². The van der Waals surface area contributed by atoms with Crippen molar-refractivity contribution in [2.75, 3.05) is 13.1 Å². The van der Waals surface area contributed by atoms with Crippen LogP contribution in [0.25, 0.3) is 0 Å². The van der Waals surface area contributed by atoms with Crippen molar-refractivity contribution in [3.8, 4) is 0 Å². The minimum Gasteiger partial charge on any atom is -0.442 e. The van der Waals surface area contributed by atoms with Gasteiger partial charge in [-0.05, 0) is 32.9 Å². The van der Waals surface area contributed by atoms with E-state index in [1.54, 1.807) is 6.20 Å². The molecule has 0 bridgehead atoms. The van der Waals surface area contributed by atoms with Crippen LogP contribution in [-0.2, 0) is 0 Å². The first-order valence-electron chi connectivity index (χ1n) is 5.67. The summed E-state index contributed by atoms with van der Waals surface area (Å²) in [6, 6.07) is 0.297. The van der Waals surface area contributed by atoms with E-state index in [0.29, 0.717) is 6.04 Å². The second-order valence-electron chi connectivity index (χ2n) is 4.18. The average molecular weight is 209 g/mol. The zero-order chi connectivity index (χ0) is 10.8. The molecule has 84 valence electrons. The molecular weight excluding hydrogens is 190 g/mol. The van der Waals surface area contributed by atoms with Gasteiger partial charge in [0, 0.05) is 0 Å². The number of hydrogen-bond donors (Lipinski definition) is 1. The molecule has 2 rings (SSSR count). The molecule has 0 spiro atoms. The number of oxazole rings is 1. The fraction of sp³-hybridized carbons (Fsp3) is 0.727. The van der Waals surface area contributed by atoms with Gasteiger partial charge in [-0.25, -0.2) is 4.98 Å². The zero-order valence-electron chi connectivity index (χ0n) is 9.44. The van der Waals surface area contributed by atoms with Gasteiger partial charge in [0.1, 0.15) is 5.76 Å². The highest BCUT2D eigenvalue weighted by Gasteiger charge is 2.28. The minimum absolute atomic E-state index is 0.0669. The van der Waals surface area contributed by atoms with Gasteiger partial charge in [0.25, 0.3) is 0 Å². The van der Waals surface area contributed by atoms with Crippen LogP contribution in [0.2, 0.25) is 0 Å². The lowest BCUT2D eigenvalue weighted by molar-refractivity contribution is 0.228. The number of nitrogens with zero attached hydrogens (tertiary/aromatic N) is 2. The highest BCUT2D eigenvalue weighted by Crippen LogP contribution is 2.31. The summed E-state index contributed by atoms with van der Waals surface area (Å²) >= 11 is 0. The second kappa shape index (κ2) is 4.33. The molecule has 4 heteroatoms. The van der Waals surface area contributed by atoms with Crippen LogP contribution in [0.3, 0.4) is 0 Å². The van der Waals surface area contributed by atoms with Gasteiger partial charge in [-0.15, -0.1) is 0 Å². The molecule has 0 radical (unpaired) electrons. The van der Waals surface area contributed by atoms with Gasteiger partial charge in [0.05, 0.1) is 18.3 Å². The van der Waals surface area contributed by atoms with Crippen LogP contribution in [0.1, 0.15) is 50.4 Å². The van der Waals surface area contributed by atoms with Crippen molar-refractivity contribution in [2.45, 2.75) is 38.8 Å². The molecule has 1 aromatic rings. The molecule has 2 heterocycles. The molecule has 1 saturated heterocycles. The summed E-state index contributed by atoms with van der Waals surface area (Å²) in [6.07, 6.45) is 4.13. The van der Waals surface area contributed by atoms with Crippen molar-refractivity contribution in [1.82, 2.24) is 9.88 Å². The van der Waals surface area contributed by atoms with E-state index in [1.807, 2.05) is 6.92 Å². The Labute approximate surface area is 90.5 Å². The molecule has 2 atom stereocenters. The smallest absolute Gasteiger partial charge is 0.211 e. The van der Waals surface area contributed by atoms with Crippen LogP contribution >= 0.6 is 0 Å². The SMILES string of the molecule is CCN1CCCC1c1ncc(C(C)N)o1. The van der Waals surface area contributed by atoms with Crippen LogP contribution in [0.15, 0.2) is 10.6 Å². The molecule has 2 unspecified atom stereocenters. The van der Waals surface area contributed by atoms with Crippen molar-refractivity contribution < 1.29 is 4.42 Å². The largest absolute Gasteiger partial charge is 0.442 e. The van der Waals surface area contributed by atoms with Crippen molar-refractivity contribution >= 4 is 0 Å². The molecule has 4 nitrogen and oxygen atoms in total. The van der Waals surface area contributed by atoms with Gasteiger partial charge in [-0.3, -0.25) is 4.90 Å². The Morgan fingerprint density at radius 2 is 2.53 bits per heavy atom. The molecule has 0 aromatic carbocycles. The summed E-state index contributed by atoms with van der Waals surface area (Å²) < 4.78 is 5.68. The number of rotatable bonds is 3. The Bertz CT molecular complexity index is 321. The third-order valence-electron chi connectivity index (χ3n) is 3.05. The first-order chi connectivity index (χ1) is 7.22. The van der Waals surface area contributed by atoms with Crippen LogP contribution < -0.4 is 5.73 Å². The zero-order valence-corrected chi connectivity index (χ0v) is 9.44. The van der Waals surface area contributed by atoms with Crippen LogP contribution in [-0.4, -0.2) is 23.0 Å². The summed E-state index contributed by atoms with van der Waals surface area (Å²) in [5.74, 6) is 1.62. The van der Waals surface area contributed by atoms with Crippen LogP contribution in [0.5, 0.6) is 0 Å². The van der Waals surface area contributed by atoms with Gasteiger partial charge < -0.3 is 10.2 Å². The lowest BCUT2D eigenvalue weighted by atomic mass is 10.2. The number of nitrogens with two attached hydrogens (primary N) is 1. The Balaban J connectivity index is 2.14. The first-order valence-corrected chi connectivity index (χ1v) is 5.67. The number of likely N-dealkylation sites (tertiary alicyclic amines) is 1. The quantitative estimate of drug-likeness (QED) is 0.825. The predicted molar refractivity (Wildman–Crippen MR) is 58.3 cm³/mol. The minimum atomic E-state index is -0.0669. The first kappa shape index (κ1) is 10.6. The molecule has 0 saturated carbocycles. The highest BCUT2D eigenvalue weighted by atomic mass is 16.4. The van der Waals surface area contributed by atoms with Crippen molar-refractivity contribution in [1.29, 1.82) is 0 Å². The molecule has 0 amide bonds. The molecule has 1 aliphatic rings. The molecule has 15 heavy (non-hydrogen) atoms. The van der Waals surface area contributed by atoms with Gasteiger partial charge in [-0.1, -0.05) is 6.92 Å². The van der Waals surface area contributed by atoms with E-state index >= 15 is 0 Å². The van der Waals surface area contributed by atoms with E-state index in [0.717, 1.165) is 31.2 Å². The van der Waals surface area contributed by atoms with E-state index in [1.165, 1.54) is 6.42 Å². The Morgan fingerprint density at radius 3 is 3.13 bits per heavy atom. The lowest BCUT2D eigenvalue weighted by Gasteiger charge is -2.19. The third-order valence-corrected chi connectivity index (χ3v) is 3.05. The monoisotopic (exact) mass is 209 g/mol. The highest BCUT2D eigenvalue weighted by molar-refractivity contribution is 5.03. The Kier molecular flexibility index (Phi) is 3.07. The average Bonchev–Trinajstić information content (AvgIpc) is 2.85. The normalized spacial score (nSPS) is 24.6. The molecular formula is C11H19N3O. The van der Waals surface area contributed by atoms with E-state index in [9.17, 15) is 0 Å². The maximum atomic E-state index is 5.75. The maximum Gasteiger partial charge on any atom is 0.211 e. The Morgan fingerprint density at radius 1 is 1.73 bits per heavy atom.